The van der Waals surface area contributed by atoms with E-state index in [1.54, 1.807) is 22.6 Å². The molecule has 3 rings (SSSR count). The lowest BCUT2D eigenvalue weighted by atomic mass is 10.1. The Bertz CT molecular complexity index is 883. The molecular weight excluding hydrogens is 354 g/mol. The molecule has 0 saturated carbocycles. The topological polar surface area (TPSA) is 91.0 Å². The number of nitrogens with zero attached hydrogens (tertiary/aromatic N) is 4. The van der Waals surface area contributed by atoms with Gasteiger partial charge in [-0.1, -0.05) is 11.8 Å². The number of nitrogens with one attached hydrogen (secondary N) is 1. The van der Waals surface area contributed by atoms with Crippen molar-refractivity contribution in [2.45, 2.75) is 56.9 Å². The van der Waals surface area contributed by atoms with Crippen LogP contribution in [0.5, 0.6) is 0 Å². The van der Waals surface area contributed by atoms with E-state index >= 15 is 0 Å². The normalized spacial score (nSPS) is 18.1. The number of ether oxygens (including phenoxy) is 1. The fourth-order valence-corrected chi connectivity index (χ4v) is 4.24. The first-order valence-corrected chi connectivity index (χ1v) is 9.62. The summed E-state index contributed by atoms with van der Waals surface area (Å²) >= 11 is 1.50. The summed E-state index contributed by atoms with van der Waals surface area (Å²) in [5.41, 5.74) is 0.202. The number of thioether (sulfide) groups is 1. The molecule has 8 nitrogen and oxygen atoms in total. The Kier molecular flexibility index (Phi) is 5.12. The van der Waals surface area contributed by atoms with Gasteiger partial charge < -0.3 is 10.1 Å². The molecule has 0 spiro atoms. The van der Waals surface area contributed by atoms with Crippen molar-refractivity contribution >= 4 is 28.7 Å². The molecule has 142 valence electrons. The largest absolute Gasteiger partial charge is 0.383 e. The van der Waals surface area contributed by atoms with Crippen molar-refractivity contribution in [3.63, 3.8) is 0 Å². The summed E-state index contributed by atoms with van der Waals surface area (Å²) in [6.45, 7) is 8.40. The molecule has 2 aromatic heterocycles. The smallest absolute Gasteiger partial charge is 0.265 e. The third kappa shape index (κ3) is 3.50. The van der Waals surface area contributed by atoms with E-state index in [9.17, 15) is 9.59 Å². The molecular formula is C17H25N5O3S. The second-order valence-corrected chi connectivity index (χ2v) is 8.61. The van der Waals surface area contributed by atoms with Gasteiger partial charge in [-0.15, -0.1) is 0 Å². The molecule has 1 aliphatic heterocycles. The van der Waals surface area contributed by atoms with Crippen LogP contribution in [0.15, 0.2) is 16.1 Å². The zero-order chi connectivity index (χ0) is 19.1. The summed E-state index contributed by atoms with van der Waals surface area (Å²) in [4.78, 5) is 29.9. The third-order valence-corrected chi connectivity index (χ3v) is 5.35. The molecule has 0 aliphatic carbocycles. The van der Waals surface area contributed by atoms with Gasteiger partial charge in [-0.3, -0.25) is 14.2 Å². The first-order valence-electron chi connectivity index (χ1n) is 8.64. The van der Waals surface area contributed by atoms with Crippen LogP contribution in [0.1, 0.15) is 40.2 Å². The summed E-state index contributed by atoms with van der Waals surface area (Å²) in [6.07, 6.45) is 1.82. The number of carbonyl (C=O) groups is 1. The second kappa shape index (κ2) is 7.03. The molecule has 9 heteroatoms. The van der Waals surface area contributed by atoms with Crippen molar-refractivity contribution in [1.82, 2.24) is 24.6 Å². The summed E-state index contributed by atoms with van der Waals surface area (Å²) in [5, 5.41) is 8.39. The predicted octanol–water partition coefficient (Wildman–Crippen LogP) is 1.54. The van der Waals surface area contributed by atoms with Gasteiger partial charge in [-0.25, -0.2) is 9.67 Å². The minimum atomic E-state index is -0.264. The number of fused-ring (bicyclic) bond motifs is 2. The molecule has 2 aromatic rings. The van der Waals surface area contributed by atoms with Gasteiger partial charge in [-0.2, -0.15) is 5.10 Å². The lowest BCUT2D eigenvalue weighted by Gasteiger charge is -2.20. The number of hydrogen-bond acceptors (Lipinski definition) is 6. The summed E-state index contributed by atoms with van der Waals surface area (Å²) < 4.78 is 8.45. The van der Waals surface area contributed by atoms with Crippen LogP contribution in [-0.2, 0) is 15.1 Å². The first kappa shape index (κ1) is 18.9. The maximum absolute atomic E-state index is 13.0. The molecule has 2 atom stereocenters. The SMILES string of the molecule is COCC(C)NC(=O)CC1CSc2nc3c(cnn3C(C)(C)C)c(=O)n21. The summed E-state index contributed by atoms with van der Waals surface area (Å²) in [7, 11) is 1.60. The van der Waals surface area contributed by atoms with Crippen LogP contribution in [0.25, 0.3) is 11.0 Å². The highest BCUT2D eigenvalue weighted by Gasteiger charge is 2.30. The number of amides is 1. The van der Waals surface area contributed by atoms with Crippen molar-refractivity contribution in [1.29, 1.82) is 0 Å². The van der Waals surface area contributed by atoms with Crippen LogP contribution in [0.4, 0.5) is 0 Å². The maximum atomic E-state index is 13.0. The Morgan fingerprint density at radius 1 is 1.50 bits per heavy atom. The number of rotatable bonds is 5. The molecule has 1 amide bonds. The quantitative estimate of drug-likeness (QED) is 0.793. The highest BCUT2D eigenvalue weighted by Crippen LogP contribution is 2.33. The molecule has 0 radical (unpaired) electrons. The standard InChI is InChI=1S/C17H25N5O3S/c1-10(8-25-5)19-13(23)6-11-9-26-16-20-14-12(15(24)21(11)16)7-18-22(14)17(2,3)4/h7,10-11H,6,8-9H2,1-5H3,(H,19,23). The first-order chi connectivity index (χ1) is 12.2. The minimum absolute atomic E-state index is 0.0663. The van der Waals surface area contributed by atoms with Gasteiger partial charge in [0.05, 0.1) is 24.4 Å². The Morgan fingerprint density at radius 3 is 2.88 bits per heavy atom. The van der Waals surface area contributed by atoms with E-state index in [1.165, 1.54) is 11.8 Å². The maximum Gasteiger partial charge on any atom is 0.265 e. The van der Waals surface area contributed by atoms with Crippen LogP contribution < -0.4 is 10.9 Å². The average Bonchev–Trinajstić information content (AvgIpc) is 3.12. The second-order valence-electron chi connectivity index (χ2n) is 7.63. The van der Waals surface area contributed by atoms with E-state index in [4.69, 9.17) is 4.74 Å². The van der Waals surface area contributed by atoms with Gasteiger partial charge in [0, 0.05) is 25.3 Å². The van der Waals surface area contributed by atoms with Crippen LogP contribution in [0.2, 0.25) is 0 Å². The van der Waals surface area contributed by atoms with E-state index in [2.05, 4.69) is 15.4 Å². The fourth-order valence-electron chi connectivity index (χ4n) is 3.11. The minimum Gasteiger partial charge on any atom is -0.383 e. The van der Waals surface area contributed by atoms with Crippen molar-refractivity contribution in [3.8, 4) is 0 Å². The molecule has 3 heterocycles. The predicted molar refractivity (Wildman–Crippen MR) is 101 cm³/mol. The van der Waals surface area contributed by atoms with Gasteiger partial charge in [0.2, 0.25) is 5.91 Å². The monoisotopic (exact) mass is 379 g/mol. The molecule has 0 saturated heterocycles. The zero-order valence-electron chi connectivity index (χ0n) is 15.8. The zero-order valence-corrected chi connectivity index (χ0v) is 16.6. The molecule has 0 bridgehead atoms. The molecule has 0 fully saturated rings. The van der Waals surface area contributed by atoms with Crippen LogP contribution in [0, 0.1) is 0 Å². The highest BCUT2D eigenvalue weighted by molar-refractivity contribution is 7.99. The van der Waals surface area contributed by atoms with Crippen LogP contribution >= 0.6 is 11.8 Å². The van der Waals surface area contributed by atoms with Crippen molar-refractivity contribution < 1.29 is 9.53 Å². The van der Waals surface area contributed by atoms with Crippen molar-refractivity contribution in [2.75, 3.05) is 19.5 Å². The van der Waals surface area contributed by atoms with E-state index in [-0.39, 0.29) is 35.5 Å². The Labute approximate surface area is 156 Å². The van der Waals surface area contributed by atoms with Crippen LogP contribution in [-0.4, -0.2) is 50.8 Å². The number of aromatic nitrogens is 4. The van der Waals surface area contributed by atoms with Gasteiger partial charge in [0.1, 0.15) is 5.39 Å². The van der Waals surface area contributed by atoms with E-state index < -0.39 is 0 Å². The molecule has 0 aromatic carbocycles. The third-order valence-electron chi connectivity index (χ3n) is 4.25. The molecule has 1 N–H and O–H groups in total. The van der Waals surface area contributed by atoms with Crippen molar-refractivity contribution in [3.05, 3.63) is 16.6 Å². The molecule has 26 heavy (non-hydrogen) atoms. The fraction of sp³-hybridized carbons (Fsp3) is 0.647. The van der Waals surface area contributed by atoms with E-state index in [1.807, 2.05) is 27.7 Å². The Hall–Kier alpha value is -1.87. The van der Waals surface area contributed by atoms with E-state index in [0.717, 1.165) is 0 Å². The summed E-state index contributed by atoms with van der Waals surface area (Å²) in [6, 6.07) is -0.268. The number of carbonyl (C=O) groups excluding carboxylic acids is 1. The lowest BCUT2D eigenvalue weighted by molar-refractivity contribution is -0.122. The highest BCUT2D eigenvalue weighted by atomic mass is 32.2. The number of methoxy groups -OCH3 is 1. The van der Waals surface area contributed by atoms with Gasteiger partial charge in [0.25, 0.3) is 5.56 Å². The average molecular weight is 379 g/mol. The molecule has 2 unspecified atom stereocenters. The van der Waals surface area contributed by atoms with Crippen molar-refractivity contribution in [2.24, 2.45) is 0 Å². The van der Waals surface area contributed by atoms with Gasteiger partial charge in [-0.05, 0) is 27.7 Å². The number of hydrogen-bond donors (Lipinski definition) is 1. The Balaban J connectivity index is 1.89. The van der Waals surface area contributed by atoms with E-state index in [0.29, 0.717) is 28.5 Å². The summed E-state index contributed by atoms with van der Waals surface area (Å²) in [5.74, 6) is 0.564. The molecule has 1 aliphatic rings. The Morgan fingerprint density at radius 2 is 2.23 bits per heavy atom. The lowest BCUT2D eigenvalue weighted by Crippen LogP contribution is -2.37. The van der Waals surface area contributed by atoms with Crippen LogP contribution in [0.3, 0.4) is 0 Å². The van der Waals surface area contributed by atoms with Gasteiger partial charge >= 0.3 is 0 Å². The van der Waals surface area contributed by atoms with Gasteiger partial charge in [0.15, 0.2) is 10.8 Å².